The molecule has 28 heteroatoms. The van der Waals surface area contributed by atoms with Gasteiger partial charge in [0.1, 0.15) is 36.3 Å². The van der Waals surface area contributed by atoms with Gasteiger partial charge in [0.15, 0.2) is 17.7 Å². The van der Waals surface area contributed by atoms with E-state index in [2.05, 4.69) is 48.3 Å². The molecule has 3 rings (SSSR count). The lowest BCUT2D eigenvalue weighted by Gasteiger charge is -2.30. The van der Waals surface area contributed by atoms with Gasteiger partial charge in [-0.15, -0.1) is 0 Å². The van der Waals surface area contributed by atoms with Crippen molar-refractivity contribution in [1.82, 2.24) is 30.2 Å². The Hall–Kier alpha value is -2.70. The number of nitrogens with one attached hydrogen (secondary N) is 2. The van der Waals surface area contributed by atoms with Crippen LogP contribution in [0.4, 0.5) is 5.82 Å². The number of aromatic nitrogens is 4. The first-order valence-electron chi connectivity index (χ1n) is 27.6. The summed E-state index contributed by atoms with van der Waals surface area (Å²) in [4.78, 5) is 88.6. The van der Waals surface area contributed by atoms with Crippen molar-refractivity contribution in [3.05, 3.63) is 24.8 Å². The number of phosphoric acid groups is 3. The number of amides is 2. The molecule has 78 heavy (non-hydrogen) atoms. The molecule has 1 saturated heterocycles. The highest BCUT2D eigenvalue weighted by atomic mass is 32.2. The molecule has 7 atom stereocenters. The van der Waals surface area contributed by atoms with Gasteiger partial charge in [0, 0.05) is 30.7 Å². The lowest BCUT2D eigenvalue weighted by atomic mass is 9.87. The predicted octanol–water partition coefficient (Wildman–Crippen LogP) is 8.85. The highest BCUT2D eigenvalue weighted by Gasteiger charge is 2.50. The van der Waals surface area contributed by atoms with Crippen LogP contribution in [0.25, 0.3) is 11.2 Å². The average Bonchev–Trinajstić information content (AvgIpc) is 3.93. The van der Waals surface area contributed by atoms with Gasteiger partial charge in [0.05, 0.1) is 19.5 Å². The fourth-order valence-electron chi connectivity index (χ4n) is 8.68. The predicted molar refractivity (Wildman–Crippen MR) is 297 cm³/mol. The minimum Gasteiger partial charge on any atom is -0.386 e. The van der Waals surface area contributed by atoms with Crippen LogP contribution in [0.2, 0.25) is 0 Å². The molecule has 1 aliphatic heterocycles. The number of hydrogen-bond donors (Lipinski definition) is 9. The van der Waals surface area contributed by atoms with Gasteiger partial charge in [-0.25, -0.2) is 28.6 Å². The van der Waals surface area contributed by atoms with Crippen molar-refractivity contribution in [1.29, 1.82) is 0 Å². The van der Waals surface area contributed by atoms with E-state index in [1.807, 2.05) is 6.08 Å². The molecule has 0 aliphatic carbocycles. The Morgan fingerprint density at radius 3 is 1.88 bits per heavy atom. The number of carbonyl (C=O) groups is 3. The maximum Gasteiger partial charge on any atom is 0.481 e. The van der Waals surface area contributed by atoms with E-state index in [1.54, 1.807) is 6.08 Å². The van der Waals surface area contributed by atoms with Gasteiger partial charge in [-0.2, -0.15) is 4.31 Å². The Morgan fingerprint density at radius 1 is 0.795 bits per heavy atom. The average molecular weight is 1190 g/mol. The zero-order chi connectivity index (χ0) is 57.6. The summed E-state index contributed by atoms with van der Waals surface area (Å²) < 4.78 is 62.6. The van der Waals surface area contributed by atoms with E-state index in [9.17, 15) is 57.9 Å². The number of carbonyl (C=O) groups excluding carboxylic acids is 3. The lowest BCUT2D eigenvalue weighted by Crippen LogP contribution is -2.46. The number of thioether (sulfide) groups is 1. The smallest absolute Gasteiger partial charge is 0.386 e. The van der Waals surface area contributed by atoms with E-state index in [0.717, 1.165) is 54.2 Å². The number of anilines is 1. The van der Waals surface area contributed by atoms with E-state index in [4.69, 9.17) is 19.5 Å². The highest BCUT2D eigenvalue weighted by molar-refractivity contribution is 8.14. The molecule has 2 unspecified atom stereocenters. The summed E-state index contributed by atoms with van der Waals surface area (Å²) in [6, 6.07) is 0. The molecule has 0 spiro atoms. The summed E-state index contributed by atoms with van der Waals surface area (Å²) in [7, 11) is -16.4. The van der Waals surface area contributed by atoms with Crippen LogP contribution in [-0.2, 0) is 50.7 Å². The summed E-state index contributed by atoms with van der Waals surface area (Å²) in [5.41, 5.74) is 4.29. The number of phosphoric ester groups is 3. The molecule has 1 fully saturated rings. The number of aliphatic hydroxyl groups excluding tert-OH is 2. The van der Waals surface area contributed by atoms with Crippen LogP contribution < -0.4 is 16.4 Å². The van der Waals surface area contributed by atoms with E-state index in [1.165, 1.54) is 142 Å². The number of nitrogens with two attached hydrogens (primary N) is 1. The van der Waals surface area contributed by atoms with Gasteiger partial charge < -0.3 is 50.9 Å². The first kappa shape index (κ1) is 69.6. The molecule has 1 aliphatic rings. The molecule has 24 nitrogen and oxygen atoms in total. The Balaban J connectivity index is 1.18. The number of rotatable bonds is 44. The molecular formula is C50H90N7O17P3S. The fourth-order valence-corrected chi connectivity index (χ4v) is 12.1. The zero-order valence-corrected chi connectivity index (χ0v) is 49.6. The number of allylic oxidation sites excluding steroid dienone is 1. The van der Waals surface area contributed by atoms with Crippen LogP contribution in [0.3, 0.4) is 0 Å². The van der Waals surface area contributed by atoms with E-state index in [-0.39, 0.29) is 41.6 Å². The quantitative estimate of drug-likeness (QED) is 0.0170. The molecule has 2 amide bonds. The van der Waals surface area contributed by atoms with Crippen molar-refractivity contribution in [3.63, 3.8) is 0 Å². The van der Waals surface area contributed by atoms with E-state index >= 15 is 0 Å². The molecule has 0 aromatic carbocycles. The maximum atomic E-state index is 12.8. The standard InChI is InChI=1S/C50H90N7O17P3S/c1-38(2)28-26-24-22-20-18-16-14-12-10-8-6-5-7-9-11-13-15-17-19-21-23-25-27-29-41(59)78-33-32-52-40(58)30-31-53-48(62)45(61)50(3,4)35-71-77(68,69)74-76(66,67)70-34-39-44(73-75(63,64)65)43(60)49(72-39)57-37-56-42-46(51)54-36-55-47(42)57/h27,29,36-39,43-45,49,60-61H,5-26,28,30-35H2,1-4H3,(H,52,58)(H,53,62)(H,66,67)(H,68,69)(H2,51,54,55)(H2,63,64,65)/b29-27+/t39-,43-,44-,45+,49-/m0/s1. The molecule has 0 saturated carbocycles. The third kappa shape index (κ3) is 28.8. The van der Waals surface area contributed by atoms with Crippen LogP contribution in [-0.4, -0.2) is 123 Å². The van der Waals surface area contributed by atoms with Crippen molar-refractivity contribution in [2.75, 3.05) is 37.8 Å². The Kier molecular flexibility index (Phi) is 32.7. The van der Waals surface area contributed by atoms with Crippen LogP contribution in [0.1, 0.15) is 188 Å². The summed E-state index contributed by atoms with van der Waals surface area (Å²) in [5, 5.41) is 26.5. The van der Waals surface area contributed by atoms with Gasteiger partial charge in [-0.1, -0.05) is 180 Å². The van der Waals surface area contributed by atoms with Crippen molar-refractivity contribution >= 4 is 69.1 Å². The first-order valence-corrected chi connectivity index (χ1v) is 33.1. The number of nitrogens with zero attached hydrogens (tertiary/aromatic N) is 4. The molecule has 2 aromatic heterocycles. The second-order valence-corrected chi connectivity index (χ2v) is 26.4. The summed E-state index contributed by atoms with van der Waals surface area (Å²) in [6.45, 7) is 5.16. The Bertz CT molecular complexity index is 2260. The third-order valence-corrected chi connectivity index (χ3v) is 17.1. The maximum absolute atomic E-state index is 12.8. The molecule has 2 aromatic rings. The summed E-state index contributed by atoms with van der Waals surface area (Å²) >= 11 is 1.08. The fraction of sp³-hybridized carbons (Fsp3) is 0.800. The van der Waals surface area contributed by atoms with Gasteiger partial charge in [-0.3, -0.25) is 32.5 Å². The minimum absolute atomic E-state index is 0.0333. The molecular weight excluding hydrogens is 1100 g/mol. The van der Waals surface area contributed by atoms with Gasteiger partial charge in [-0.05, 0) is 24.8 Å². The largest absolute Gasteiger partial charge is 0.481 e. The van der Waals surface area contributed by atoms with Gasteiger partial charge >= 0.3 is 23.5 Å². The molecule has 0 bridgehead atoms. The summed E-state index contributed by atoms with van der Waals surface area (Å²) in [6.07, 6.45) is 26.9. The van der Waals surface area contributed by atoms with Crippen LogP contribution in [0, 0.1) is 11.3 Å². The van der Waals surface area contributed by atoms with Gasteiger partial charge in [0.25, 0.3) is 0 Å². The van der Waals surface area contributed by atoms with E-state index < -0.39 is 84.6 Å². The topological polar surface area (TPSA) is 364 Å². The number of hydrogen-bond acceptors (Lipinski definition) is 18. The van der Waals surface area contributed by atoms with Crippen molar-refractivity contribution in [3.8, 4) is 0 Å². The van der Waals surface area contributed by atoms with Crippen molar-refractivity contribution in [2.45, 2.75) is 212 Å². The number of ether oxygens (including phenoxy) is 1. The minimum atomic E-state index is -5.58. The van der Waals surface area contributed by atoms with Crippen molar-refractivity contribution < 1.29 is 80.5 Å². The second-order valence-electron chi connectivity index (χ2n) is 21.0. The monoisotopic (exact) mass is 1190 g/mol. The van der Waals surface area contributed by atoms with E-state index in [0.29, 0.717) is 5.75 Å². The van der Waals surface area contributed by atoms with Crippen LogP contribution >= 0.6 is 35.2 Å². The first-order chi connectivity index (χ1) is 36.9. The number of fused-ring (bicyclic) bond motifs is 1. The lowest BCUT2D eigenvalue weighted by molar-refractivity contribution is -0.137. The number of nitrogen functional groups attached to an aromatic ring is 1. The number of imidazole rings is 1. The normalized spacial score (nSPS) is 19.1. The Labute approximate surface area is 464 Å². The summed E-state index contributed by atoms with van der Waals surface area (Å²) in [5.74, 6) is -0.245. The second kappa shape index (κ2) is 36.7. The molecule has 3 heterocycles. The van der Waals surface area contributed by atoms with Gasteiger partial charge in [0.2, 0.25) is 16.9 Å². The van der Waals surface area contributed by atoms with Crippen molar-refractivity contribution in [2.24, 2.45) is 11.3 Å². The van der Waals surface area contributed by atoms with Crippen LogP contribution in [0.15, 0.2) is 24.8 Å². The third-order valence-electron chi connectivity index (χ3n) is 13.2. The molecule has 0 radical (unpaired) electrons. The molecule has 448 valence electrons. The Morgan fingerprint density at radius 2 is 1.33 bits per heavy atom. The number of aliphatic hydroxyl groups is 2. The number of unbranched alkanes of at least 4 members (excludes halogenated alkanes) is 21. The SMILES string of the molecule is CC(C)CCCCCCCCCCCCCCCCCCCCCCC/C=C/C(=O)SCCNC(=O)CCNC(=O)[C@@H](O)C(C)(C)COP(=O)(O)OP(=O)(O)OC[C@@H]1O[C@H](n2cnc3c(N)ncnc32)[C@@H](O)[C@H]1OP(=O)(O)O. The highest BCUT2D eigenvalue weighted by Crippen LogP contribution is 2.61. The molecule has 10 N–H and O–H groups in total. The van der Waals surface area contributed by atoms with Crippen LogP contribution in [0.5, 0.6) is 0 Å². The zero-order valence-electron chi connectivity index (χ0n) is 46.1.